The lowest BCUT2D eigenvalue weighted by molar-refractivity contribution is 0.235. The highest BCUT2D eigenvalue weighted by Gasteiger charge is 2.35. The molecule has 0 bridgehead atoms. The summed E-state index contributed by atoms with van der Waals surface area (Å²) in [6.07, 6.45) is 1.05. The number of sulfone groups is 1. The molecule has 1 unspecified atom stereocenters. The van der Waals surface area contributed by atoms with E-state index >= 15 is 0 Å². The van der Waals surface area contributed by atoms with Crippen molar-refractivity contribution in [2.75, 3.05) is 20.5 Å². The van der Waals surface area contributed by atoms with Crippen molar-refractivity contribution in [3.8, 4) is 0 Å². The monoisotopic (exact) mass is 296 g/mol. The molecule has 18 heavy (non-hydrogen) atoms. The maximum atomic E-state index is 14.0. The normalized spacial score (nSPS) is 14.4. The van der Waals surface area contributed by atoms with E-state index in [1.54, 1.807) is 0 Å². The van der Waals surface area contributed by atoms with Crippen molar-refractivity contribution < 1.29 is 26.4 Å². The van der Waals surface area contributed by atoms with Crippen molar-refractivity contribution in [2.24, 2.45) is 0 Å². The van der Waals surface area contributed by atoms with Crippen LogP contribution >= 0.6 is 7.60 Å². The quantitative estimate of drug-likeness (QED) is 0.781. The Hall–Kier alpha value is -0.750. The van der Waals surface area contributed by atoms with Crippen molar-refractivity contribution >= 4 is 17.4 Å². The Balaban J connectivity index is 3.10. The zero-order valence-electron chi connectivity index (χ0n) is 10.2. The minimum atomic E-state index is -3.87. The highest BCUT2D eigenvalue weighted by Crippen LogP contribution is 2.60. The highest BCUT2D eigenvalue weighted by molar-refractivity contribution is 7.90. The van der Waals surface area contributed by atoms with Crippen LogP contribution in [0.2, 0.25) is 0 Å². The van der Waals surface area contributed by atoms with E-state index < -0.39 is 23.3 Å². The molecule has 0 heterocycles. The van der Waals surface area contributed by atoms with Gasteiger partial charge in [0.2, 0.25) is 5.91 Å². The second-order valence-electron chi connectivity index (χ2n) is 3.58. The Morgan fingerprint density at radius 3 is 1.94 bits per heavy atom. The Labute approximate surface area is 105 Å². The molecule has 5 nitrogen and oxygen atoms in total. The van der Waals surface area contributed by atoms with Crippen LogP contribution in [0.3, 0.4) is 0 Å². The number of alkyl halides is 1. The molecule has 1 atom stereocenters. The van der Waals surface area contributed by atoms with Gasteiger partial charge in [-0.05, 0) is 17.7 Å². The van der Waals surface area contributed by atoms with Crippen molar-refractivity contribution in [1.82, 2.24) is 0 Å². The summed E-state index contributed by atoms with van der Waals surface area (Å²) in [4.78, 5) is 0.0584. The topological polar surface area (TPSA) is 69.7 Å². The van der Waals surface area contributed by atoms with Crippen LogP contribution < -0.4 is 0 Å². The molecule has 0 aliphatic carbocycles. The second kappa shape index (κ2) is 5.48. The molecule has 0 spiro atoms. The zero-order chi connectivity index (χ0) is 14.0. The Kier molecular flexibility index (Phi) is 4.66. The molecule has 0 aliphatic heterocycles. The van der Waals surface area contributed by atoms with E-state index in [9.17, 15) is 17.4 Å². The van der Waals surface area contributed by atoms with E-state index in [0.29, 0.717) is 0 Å². The minimum Gasteiger partial charge on any atom is -0.310 e. The predicted molar refractivity (Wildman–Crippen MR) is 65.0 cm³/mol. The summed E-state index contributed by atoms with van der Waals surface area (Å²) in [5.74, 6) is -1.96. The van der Waals surface area contributed by atoms with Gasteiger partial charge in [0.25, 0.3) is 0 Å². The van der Waals surface area contributed by atoms with Crippen LogP contribution in [-0.4, -0.2) is 28.9 Å². The molecular weight excluding hydrogens is 282 g/mol. The lowest BCUT2D eigenvalue weighted by atomic mass is 10.2. The maximum absolute atomic E-state index is 14.0. The third-order valence-corrected chi connectivity index (χ3v) is 5.37. The average molecular weight is 296 g/mol. The van der Waals surface area contributed by atoms with E-state index in [4.69, 9.17) is 0 Å². The van der Waals surface area contributed by atoms with Gasteiger partial charge in [-0.15, -0.1) is 0 Å². The molecule has 0 aliphatic rings. The van der Waals surface area contributed by atoms with Gasteiger partial charge in [-0.25, -0.2) is 12.8 Å². The third kappa shape index (κ3) is 3.17. The summed E-state index contributed by atoms with van der Waals surface area (Å²) in [6.45, 7) is 0. The average Bonchev–Trinajstić information content (AvgIpc) is 2.36. The van der Waals surface area contributed by atoms with Crippen LogP contribution in [0.4, 0.5) is 4.39 Å². The number of rotatable bonds is 5. The number of benzene rings is 1. The molecular formula is C10H14FO5PS. The summed E-state index contributed by atoms with van der Waals surface area (Å²) < 4.78 is 57.3. The molecule has 0 N–H and O–H groups in total. The molecule has 0 aromatic heterocycles. The maximum Gasteiger partial charge on any atom is 0.368 e. The van der Waals surface area contributed by atoms with Crippen molar-refractivity contribution in [2.45, 2.75) is 10.8 Å². The first-order chi connectivity index (χ1) is 8.24. The van der Waals surface area contributed by atoms with Crippen LogP contribution in [0.5, 0.6) is 0 Å². The van der Waals surface area contributed by atoms with Gasteiger partial charge in [-0.3, -0.25) is 4.57 Å². The van der Waals surface area contributed by atoms with E-state index in [1.165, 1.54) is 24.3 Å². The fourth-order valence-corrected chi connectivity index (χ4v) is 3.00. The Bertz CT molecular complexity index is 546. The van der Waals surface area contributed by atoms with Gasteiger partial charge < -0.3 is 9.05 Å². The van der Waals surface area contributed by atoms with E-state index in [2.05, 4.69) is 9.05 Å². The van der Waals surface area contributed by atoms with Crippen LogP contribution in [0.25, 0.3) is 0 Å². The first-order valence-corrected chi connectivity index (χ1v) is 8.40. The number of halogens is 1. The van der Waals surface area contributed by atoms with E-state index in [-0.39, 0.29) is 10.5 Å². The third-order valence-electron chi connectivity index (χ3n) is 2.37. The van der Waals surface area contributed by atoms with Gasteiger partial charge >= 0.3 is 7.60 Å². The van der Waals surface area contributed by atoms with Gasteiger partial charge in [-0.1, -0.05) is 12.1 Å². The second-order valence-corrected chi connectivity index (χ2v) is 7.86. The summed E-state index contributed by atoms with van der Waals surface area (Å²) in [5.41, 5.74) is 0.0365. The Morgan fingerprint density at radius 1 is 1.17 bits per heavy atom. The summed E-state index contributed by atoms with van der Waals surface area (Å²) in [6, 6.07) is 4.97. The molecule has 102 valence electrons. The zero-order valence-corrected chi connectivity index (χ0v) is 11.9. The number of hydrogen-bond acceptors (Lipinski definition) is 5. The van der Waals surface area contributed by atoms with E-state index in [1.807, 2.05) is 0 Å². The van der Waals surface area contributed by atoms with Gasteiger partial charge in [0.05, 0.1) is 4.90 Å². The smallest absolute Gasteiger partial charge is 0.310 e. The van der Waals surface area contributed by atoms with Gasteiger partial charge in [0.15, 0.2) is 9.84 Å². The summed E-state index contributed by atoms with van der Waals surface area (Å²) in [5, 5.41) is 0. The van der Waals surface area contributed by atoms with Crippen LogP contribution in [0, 0.1) is 0 Å². The predicted octanol–water partition coefficient (Wildman–Crippen LogP) is 2.54. The lowest BCUT2D eigenvalue weighted by Gasteiger charge is -2.18. The van der Waals surface area contributed by atoms with Crippen molar-refractivity contribution in [3.05, 3.63) is 29.8 Å². The molecule has 0 saturated heterocycles. The molecule has 0 amide bonds. The lowest BCUT2D eigenvalue weighted by Crippen LogP contribution is -2.00. The first-order valence-electron chi connectivity index (χ1n) is 4.90. The fraction of sp³-hybridized carbons (Fsp3) is 0.400. The van der Waals surface area contributed by atoms with Gasteiger partial charge in [-0.2, -0.15) is 0 Å². The number of hydrogen-bond donors (Lipinski definition) is 0. The molecule has 1 rings (SSSR count). The molecule has 1 aromatic rings. The molecule has 0 radical (unpaired) electrons. The van der Waals surface area contributed by atoms with Gasteiger partial charge in [0.1, 0.15) is 0 Å². The minimum absolute atomic E-state index is 0.0365. The Morgan fingerprint density at radius 2 is 1.61 bits per heavy atom. The standard InChI is InChI=1S/C10H14FO5PS/c1-15-17(12,16-2)10(11)8-4-6-9(7-5-8)18(3,13)14/h4-7,10H,1-3H3. The van der Waals surface area contributed by atoms with Crippen LogP contribution in [0.1, 0.15) is 11.5 Å². The first kappa shape index (κ1) is 15.3. The van der Waals surface area contributed by atoms with E-state index in [0.717, 1.165) is 20.5 Å². The SMILES string of the molecule is COP(=O)(OC)C(F)c1ccc(S(C)(=O)=O)cc1. The summed E-state index contributed by atoms with van der Waals surface area (Å²) in [7, 11) is -5.04. The molecule has 0 fully saturated rings. The fourth-order valence-electron chi connectivity index (χ4n) is 1.32. The van der Waals surface area contributed by atoms with Crippen molar-refractivity contribution in [3.63, 3.8) is 0 Å². The van der Waals surface area contributed by atoms with Crippen LogP contribution in [0.15, 0.2) is 29.2 Å². The van der Waals surface area contributed by atoms with Crippen molar-refractivity contribution in [1.29, 1.82) is 0 Å². The summed E-state index contributed by atoms with van der Waals surface area (Å²) >= 11 is 0. The molecule has 0 saturated carbocycles. The largest absolute Gasteiger partial charge is 0.368 e. The molecule has 8 heteroatoms. The van der Waals surface area contributed by atoms with Gasteiger partial charge in [0, 0.05) is 20.5 Å². The molecule has 1 aromatic carbocycles. The highest BCUT2D eigenvalue weighted by atomic mass is 32.2. The van der Waals surface area contributed by atoms with Crippen LogP contribution in [-0.2, 0) is 23.4 Å².